The Hall–Kier alpha value is -2.40. The largest absolute Gasteiger partial charge is 0.494 e. The predicted octanol–water partition coefficient (Wildman–Crippen LogP) is 3.55. The predicted molar refractivity (Wildman–Crippen MR) is 97.7 cm³/mol. The Morgan fingerprint density at radius 2 is 1.80 bits per heavy atom. The van der Waals surface area contributed by atoms with Crippen molar-refractivity contribution in [3.63, 3.8) is 0 Å². The number of rotatable bonds is 10. The van der Waals surface area contributed by atoms with Gasteiger partial charge in [0.2, 0.25) is 0 Å². The Labute approximate surface area is 149 Å². The van der Waals surface area contributed by atoms with Crippen LogP contribution < -0.4 is 4.74 Å². The second-order valence-corrected chi connectivity index (χ2v) is 5.80. The monoisotopic (exact) mass is 342 g/mol. The summed E-state index contributed by atoms with van der Waals surface area (Å²) in [6.45, 7) is 4.38. The maximum Gasteiger partial charge on any atom is 0.254 e. The van der Waals surface area contributed by atoms with Crippen LogP contribution >= 0.6 is 0 Å². The summed E-state index contributed by atoms with van der Waals surface area (Å²) in [6.07, 6.45) is 5.59. The molecule has 0 saturated heterocycles. The van der Waals surface area contributed by atoms with Crippen LogP contribution in [0.1, 0.15) is 35.7 Å². The maximum absolute atomic E-state index is 12.8. The standard InChI is InChI=1S/C20H26N2O3/c1-3-4-14-25-19-7-5-18(6-8-19)20(23)22(13-15-24-2)16-17-9-11-21-12-10-17/h5-12H,3-4,13-16H2,1-2H3. The summed E-state index contributed by atoms with van der Waals surface area (Å²) in [6, 6.07) is 11.2. The van der Waals surface area contributed by atoms with E-state index >= 15 is 0 Å². The van der Waals surface area contributed by atoms with E-state index in [4.69, 9.17) is 9.47 Å². The molecule has 0 aliphatic carbocycles. The van der Waals surface area contributed by atoms with Gasteiger partial charge in [-0.3, -0.25) is 9.78 Å². The molecule has 0 aliphatic rings. The van der Waals surface area contributed by atoms with E-state index in [1.165, 1.54) is 0 Å². The van der Waals surface area contributed by atoms with Crippen molar-refractivity contribution in [2.45, 2.75) is 26.3 Å². The summed E-state index contributed by atoms with van der Waals surface area (Å²) in [5.74, 6) is 0.775. The number of aromatic nitrogens is 1. The number of hydrogen-bond acceptors (Lipinski definition) is 4. The first-order chi connectivity index (χ1) is 12.2. The molecular weight excluding hydrogens is 316 g/mol. The summed E-state index contributed by atoms with van der Waals surface area (Å²) in [7, 11) is 1.64. The zero-order valence-corrected chi connectivity index (χ0v) is 15.0. The molecule has 1 amide bonds. The molecule has 0 radical (unpaired) electrons. The van der Waals surface area contributed by atoms with Gasteiger partial charge in [0, 0.05) is 38.2 Å². The van der Waals surface area contributed by atoms with Crippen LogP contribution in [0.4, 0.5) is 0 Å². The van der Waals surface area contributed by atoms with Gasteiger partial charge in [0.05, 0.1) is 13.2 Å². The molecule has 0 fully saturated rings. The average Bonchev–Trinajstić information content (AvgIpc) is 2.66. The van der Waals surface area contributed by atoms with Gasteiger partial charge >= 0.3 is 0 Å². The number of hydrogen-bond donors (Lipinski definition) is 0. The topological polar surface area (TPSA) is 51.7 Å². The second kappa shape index (κ2) is 10.5. The summed E-state index contributed by atoms with van der Waals surface area (Å²) in [4.78, 5) is 18.6. The van der Waals surface area contributed by atoms with Crippen LogP contribution in [0.25, 0.3) is 0 Å². The quantitative estimate of drug-likeness (QED) is 0.620. The summed E-state index contributed by atoms with van der Waals surface area (Å²) < 4.78 is 10.8. The van der Waals surface area contributed by atoms with E-state index in [0.717, 1.165) is 24.2 Å². The molecule has 0 spiro atoms. The molecule has 0 unspecified atom stereocenters. The van der Waals surface area contributed by atoms with Crippen molar-refractivity contribution >= 4 is 5.91 Å². The van der Waals surface area contributed by atoms with Crippen molar-refractivity contribution in [2.24, 2.45) is 0 Å². The van der Waals surface area contributed by atoms with Crippen LogP contribution in [0, 0.1) is 0 Å². The number of carbonyl (C=O) groups excluding carboxylic acids is 1. The molecule has 0 atom stereocenters. The van der Waals surface area contributed by atoms with Crippen LogP contribution in [-0.2, 0) is 11.3 Å². The van der Waals surface area contributed by atoms with E-state index in [1.54, 1.807) is 24.4 Å². The van der Waals surface area contributed by atoms with Gasteiger partial charge in [0.1, 0.15) is 5.75 Å². The number of pyridine rings is 1. The second-order valence-electron chi connectivity index (χ2n) is 5.80. The molecule has 0 aliphatic heterocycles. The molecule has 1 aromatic heterocycles. The van der Waals surface area contributed by atoms with Crippen molar-refractivity contribution in [1.82, 2.24) is 9.88 Å². The Kier molecular flexibility index (Phi) is 7.92. The molecule has 1 heterocycles. The lowest BCUT2D eigenvalue weighted by molar-refractivity contribution is 0.0680. The molecule has 2 rings (SSSR count). The first-order valence-corrected chi connectivity index (χ1v) is 8.64. The molecule has 0 N–H and O–H groups in total. The fraction of sp³-hybridized carbons (Fsp3) is 0.400. The van der Waals surface area contributed by atoms with E-state index in [-0.39, 0.29) is 5.91 Å². The van der Waals surface area contributed by atoms with Crippen molar-refractivity contribution < 1.29 is 14.3 Å². The minimum atomic E-state index is -0.0195. The van der Waals surface area contributed by atoms with Gasteiger partial charge in [-0.25, -0.2) is 0 Å². The fourth-order valence-corrected chi connectivity index (χ4v) is 2.37. The van der Waals surface area contributed by atoms with Crippen molar-refractivity contribution in [2.75, 3.05) is 26.9 Å². The third kappa shape index (κ3) is 6.19. The smallest absolute Gasteiger partial charge is 0.254 e. The van der Waals surface area contributed by atoms with Crippen LogP contribution in [-0.4, -0.2) is 42.7 Å². The normalized spacial score (nSPS) is 10.5. The summed E-state index contributed by atoms with van der Waals surface area (Å²) in [5.41, 5.74) is 1.69. The SMILES string of the molecule is CCCCOc1ccc(C(=O)N(CCOC)Cc2ccncc2)cc1. The molecular formula is C20H26N2O3. The number of nitrogens with zero attached hydrogens (tertiary/aromatic N) is 2. The molecule has 5 heteroatoms. The Balaban J connectivity index is 2.04. The summed E-state index contributed by atoms with van der Waals surface area (Å²) >= 11 is 0. The van der Waals surface area contributed by atoms with Crippen molar-refractivity contribution in [3.05, 3.63) is 59.9 Å². The third-order valence-electron chi connectivity index (χ3n) is 3.84. The zero-order chi connectivity index (χ0) is 17.9. The van der Waals surface area contributed by atoms with Crippen LogP contribution in [0.3, 0.4) is 0 Å². The molecule has 1 aromatic carbocycles. The first kappa shape index (κ1) is 18.9. The van der Waals surface area contributed by atoms with Crippen molar-refractivity contribution in [1.29, 1.82) is 0 Å². The molecule has 134 valence electrons. The van der Waals surface area contributed by atoms with Crippen LogP contribution in [0.2, 0.25) is 0 Å². The highest BCUT2D eigenvalue weighted by Crippen LogP contribution is 2.15. The zero-order valence-electron chi connectivity index (χ0n) is 15.0. The van der Waals surface area contributed by atoms with Gasteiger partial charge in [0.15, 0.2) is 0 Å². The number of methoxy groups -OCH3 is 1. The molecule has 25 heavy (non-hydrogen) atoms. The molecule has 0 saturated carbocycles. The Bertz CT molecular complexity index is 629. The number of benzene rings is 1. The average molecular weight is 342 g/mol. The van der Waals surface area contributed by atoms with E-state index < -0.39 is 0 Å². The minimum absolute atomic E-state index is 0.0195. The Morgan fingerprint density at radius 3 is 2.44 bits per heavy atom. The first-order valence-electron chi connectivity index (χ1n) is 8.64. The number of carbonyl (C=O) groups is 1. The summed E-state index contributed by atoms with van der Waals surface area (Å²) in [5, 5.41) is 0. The van der Waals surface area contributed by atoms with Gasteiger partial charge in [-0.2, -0.15) is 0 Å². The minimum Gasteiger partial charge on any atom is -0.494 e. The Morgan fingerprint density at radius 1 is 1.08 bits per heavy atom. The molecule has 5 nitrogen and oxygen atoms in total. The lowest BCUT2D eigenvalue weighted by Gasteiger charge is -2.22. The highest BCUT2D eigenvalue weighted by atomic mass is 16.5. The number of unbranched alkanes of at least 4 members (excludes halogenated alkanes) is 1. The molecule has 0 bridgehead atoms. The lowest BCUT2D eigenvalue weighted by atomic mass is 10.1. The van der Waals surface area contributed by atoms with Gasteiger partial charge in [0.25, 0.3) is 5.91 Å². The number of amides is 1. The number of ether oxygens (including phenoxy) is 2. The van der Waals surface area contributed by atoms with Gasteiger partial charge < -0.3 is 14.4 Å². The molecule has 2 aromatic rings. The van der Waals surface area contributed by atoms with E-state index in [2.05, 4.69) is 11.9 Å². The van der Waals surface area contributed by atoms with Crippen LogP contribution in [0.15, 0.2) is 48.8 Å². The van der Waals surface area contributed by atoms with Crippen molar-refractivity contribution in [3.8, 4) is 5.75 Å². The van der Waals surface area contributed by atoms with Gasteiger partial charge in [-0.05, 0) is 48.4 Å². The van der Waals surface area contributed by atoms with E-state index in [9.17, 15) is 4.79 Å². The lowest BCUT2D eigenvalue weighted by Crippen LogP contribution is -2.33. The highest BCUT2D eigenvalue weighted by molar-refractivity contribution is 5.94. The van der Waals surface area contributed by atoms with Gasteiger partial charge in [-0.15, -0.1) is 0 Å². The van der Waals surface area contributed by atoms with E-state index in [0.29, 0.717) is 31.9 Å². The van der Waals surface area contributed by atoms with Crippen LogP contribution in [0.5, 0.6) is 5.75 Å². The van der Waals surface area contributed by atoms with E-state index in [1.807, 2.05) is 36.4 Å². The highest BCUT2D eigenvalue weighted by Gasteiger charge is 2.16. The van der Waals surface area contributed by atoms with Gasteiger partial charge in [-0.1, -0.05) is 13.3 Å². The fourth-order valence-electron chi connectivity index (χ4n) is 2.37. The maximum atomic E-state index is 12.8. The third-order valence-corrected chi connectivity index (χ3v) is 3.84.